The van der Waals surface area contributed by atoms with Gasteiger partial charge < -0.3 is 0 Å². The lowest BCUT2D eigenvalue weighted by Crippen LogP contribution is -2.19. The second-order valence-corrected chi connectivity index (χ2v) is 11.0. The van der Waals surface area contributed by atoms with Crippen LogP contribution >= 0.6 is 0 Å². The highest BCUT2D eigenvalue weighted by molar-refractivity contribution is 4.75. The van der Waals surface area contributed by atoms with Gasteiger partial charge in [-0.25, -0.2) is 0 Å². The van der Waals surface area contributed by atoms with Crippen LogP contribution in [0.25, 0.3) is 0 Å². The van der Waals surface area contributed by atoms with Gasteiger partial charge in [0.1, 0.15) is 0 Å². The van der Waals surface area contributed by atoms with E-state index in [1.807, 2.05) is 0 Å². The van der Waals surface area contributed by atoms with Crippen LogP contribution in [0, 0.1) is 17.8 Å². The molecule has 0 aromatic carbocycles. The van der Waals surface area contributed by atoms with E-state index in [4.69, 9.17) is 0 Å². The summed E-state index contributed by atoms with van der Waals surface area (Å²) in [6.07, 6.45) is 35.7. The normalized spacial score (nSPS) is 22.1. The van der Waals surface area contributed by atoms with Gasteiger partial charge in [-0.1, -0.05) is 168 Å². The molecule has 0 heteroatoms. The van der Waals surface area contributed by atoms with Crippen molar-refractivity contribution in [1.29, 1.82) is 0 Å². The van der Waals surface area contributed by atoms with Crippen LogP contribution in [-0.4, -0.2) is 0 Å². The van der Waals surface area contributed by atoms with E-state index < -0.39 is 0 Å². The predicted molar refractivity (Wildman–Crippen MR) is 138 cm³/mol. The fourth-order valence-corrected chi connectivity index (χ4v) is 5.95. The zero-order chi connectivity index (χ0) is 21.7. The standard InChI is InChI=1S/C30H60/c1-4-6-8-10-11-12-13-14-17-21-25-29(24-20-9-7-5-2)30-26-22-18-15-16-19-23-28(3)27-30/h28-30H,4-27H2,1-3H3. The molecule has 0 amide bonds. The van der Waals surface area contributed by atoms with Crippen molar-refractivity contribution < 1.29 is 0 Å². The molecule has 0 heterocycles. The third-order valence-electron chi connectivity index (χ3n) is 8.00. The Morgan fingerprint density at radius 3 is 1.53 bits per heavy atom. The minimum atomic E-state index is 0.971. The zero-order valence-electron chi connectivity index (χ0n) is 21.7. The Hall–Kier alpha value is 0. The molecule has 30 heavy (non-hydrogen) atoms. The first-order valence-electron chi connectivity index (χ1n) is 14.8. The molecule has 0 saturated heterocycles. The van der Waals surface area contributed by atoms with Crippen LogP contribution in [0.5, 0.6) is 0 Å². The average molecular weight is 421 g/mol. The van der Waals surface area contributed by atoms with Gasteiger partial charge in [-0.3, -0.25) is 0 Å². The van der Waals surface area contributed by atoms with Crippen LogP contribution in [0.3, 0.4) is 0 Å². The Morgan fingerprint density at radius 2 is 0.967 bits per heavy atom. The van der Waals surface area contributed by atoms with Gasteiger partial charge in [0, 0.05) is 0 Å². The number of hydrogen-bond donors (Lipinski definition) is 0. The van der Waals surface area contributed by atoms with E-state index in [-0.39, 0.29) is 0 Å². The first-order chi connectivity index (χ1) is 14.8. The summed E-state index contributed by atoms with van der Waals surface area (Å²) in [5.41, 5.74) is 0. The number of hydrogen-bond acceptors (Lipinski definition) is 0. The lowest BCUT2D eigenvalue weighted by Gasteiger charge is -2.31. The number of unbranched alkanes of at least 4 members (excludes halogenated alkanes) is 12. The largest absolute Gasteiger partial charge is 0.0654 e. The molecule has 0 bridgehead atoms. The first kappa shape index (κ1) is 28.0. The van der Waals surface area contributed by atoms with Gasteiger partial charge in [0.25, 0.3) is 0 Å². The molecule has 3 unspecified atom stereocenters. The highest BCUT2D eigenvalue weighted by atomic mass is 14.3. The van der Waals surface area contributed by atoms with Crippen LogP contribution in [-0.2, 0) is 0 Å². The molecule has 0 nitrogen and oxygen atoms in total. The minimum absolute atomic E-state index is 0.971. The van der Waals surface area contributed by atoms with E-state index in [9.17, 15) is 0 Å². The summed E-state index contributed by atoms with van der Waals surface area (Å²) >= 11 is 0. The Balaban J connectivity index is 2.34. The van der Waals surface area contributed by atoms with Crippen LogP contribution in [0.2, 0.25) is 0 Å². The average Bonchev–Trinajstić information content (AvgIpc) is 2.75. The van der Waals surface area contributed by atoms with E-state index in [1.165, 1.54) is 141 Å². The van der Waals surface area contributed by atoms with Crippen LogP contribution < -0.4 is 0 Å². The van der Waals surface area contributed by atoms with Gasteiger partial charge in [-0.05, 0) is 24.2 Å². The molecule has 180 valence electrons. The quantitative estimate of drug-likeness (QED) is 0.205. The monoisotopic (exact) mass is 420 g/mol. The molecule has 0 radical (unpaired) electrons. The van der Waals surface area contributed by atoms with Crippen molar-refractivity contribution in [3.63, 3.8) is 0 Å². The molecule has 0 aromatic rings. The summed E-state index contributed by atoms with van der Waals surface area (Å²) in [7, 11) is 0. The summed E-state index contributed by atoms with van der Waals surface area (Å²) in [4.78, 5) is 0. The number of rotatable bonds is 17. The van der Waals surface area contributed by atoms with Crippen LogP contribution in [0.1, 0.15) is 175 Å². The maximum absolute atomic E-state index is 2.56. The van der Waals surface area contributed by atoms with E-state index in [0.29, 0.717) is 0 Å². The molecule has 0 aliphatic heterocycles. The summed E-state index contributed by atoms with van der Waals surface area (Å²) in [5.74, 6) is 3.05. The van der Waals surface area contributed by atoms with Crippen molar-refractivity contribution in [3.8, 4) is 0 Å². The molecule has 1 aliphatic rings. The summed E-state index contributed by atoms with van der Waals surface area (Å²) in [6.45, 7) is 7.23. The van der Waals surface area contributed by atoms with Crippen molar-refractivity contribution in [2.45, 2.75) is 175 Å². The smallest absolute Gasteiger partial charge is 0.0383 e. The van der Waals surface area contributed by atoms with Gasteiger partial charge >= 0.3 is 0 Å². The molecular formula is C30H60. The Labute approximate surface area is 192 Å². The van der Waals surface area contributed by atoms with Crippen LogP contribution in [0.15, 0.2) is 0 Å². The van der Waals surface area contributed by atoms with E-state index in [0.717, 1.165) is 17.8 Å². The lowest BCUT2D eigenvalue weighted by molar-refractivity contribution is 0.208. The first-order valence-corrected chi connectivity index (χ1v) is 14.8. The van der Waals surface area contributed by atoms with E-state index in [1.54, 1.807) is 12.8 Å². The summed E-state index contributed by atoms with van der Waals surface area (Å²) in [6, 6.07) is 0. The van der Waals surface area contributed by atoms with Gasteiger partial charge in [-0.2, -0.15) is 0 Å². The third kappa shape index (κ3) is 15.8. The van der Waals surface area contributed by atoms with Gasteiger partial charge in [0.15, 0.2) is 0 Å². The Kier molecular flexibility index (Phi) is 19.5. The molecule has 1 fully saturated rings. The van der Waals surface area contributed by atoms with Gasteiger partial charge in [0.2, 0.25) is 0 Å². The SMILES string of the molecule is CCCCCCCCCCCCC(CCCCCC)C1CCCCCCCC(C)C1. The van der Waals surface area contributed by atoms with Crippen molar-refractivity contribution in [3.05, 3.63) is 0 Å². The zero-order valence-corrected chi connectivity index (χ0v) is 21.7. The summed E-state index contributed by atoms with van der Waals surface area (Å²) < 4.78 is 0. The molecular weight excluding hydrogens is 360 g/mol. The maximum atomic E-state index is 2.56. The van der Waals surface area contributed by atoms with Crippen LogP contribution in [0.4, 0.5) is 0 Å². The van der Waals surface area contributed by atoms with Crippen molar-refractivity contribution in [2.75, 3.05) is 0 Å². The van der Waals surface area contributed by atoms with Gasteiger partial charge in [-0.15, -0.1) is 0 Å². The highest BCUT2D eigenvalue weighted by Gasteiger charge is 2.23. The summed E-state index contributed by atoms with van der Waals surface area (Å²) in [5, 5.41) is 0. The van der Waals surface area contributed by atoms with Crippen molar-refractivity contribution in [1.82, 2.24) is 0 Å². The fourth-order valence-electron chi connectivity index (χ4n) is 5.95. The second-order valence-electron chi connectivity index (χ2n) is 11.0. The van der Waals surface area contributed by atoms with Crippen molar-refractivity contribution >= 4 is 0 Å². The molecule has 1 saturated carbocycles. The van der Waals surface area contributed by atoms with Gasteiger partial charge in [0.05, 0.1) is 0 Å². The second kappa shape index (κ2) is 20.9. The Bertz CT molecular complexity index is 333. The highest BCUT2D eigenvalue weighted by Crippen LogP contribution is 2.36. The molecule has 1 aliphatic carbocycles. The third-order valence-corrected chi connectivity index (χ3v) is 8.00. The molecule has 1 rings (SSSR count). The minimum Gasteiger partial charge on any atom is -0.0654 e. The molecule has 0 N–H and O–H groups in total. The van der Waals surface area contributed by atoms with Crippen molar-refractivity contribution in [2.24, 2.45) is 17.8 Å². The maximum Gasteiger partial charge on any atom is -0.0383 e. The Morgan fingerprint density at radius 1 is 0.533 bits per heavy atom. The van der Waals surface area contributed by atoms with E-state index >= 15 is 0 Å². The molecule has 0 aromatic heterocycles. The molecule has 3 atom stereocenters. The van der Waals surface area contributed by atoms with E-state index in [2.05, 4.69) is 20.8 Å². The predicted octanol–water partition coefficient (Wildman–Crippen LogP) is 11.3. The lowest BCUT2D eigenvalue weighted by atomic mass is 9.75. The fraction of sp³-hybridized carbons (Fsp3) is 1.00. The topological polar surface area (TPSA) is 0 Å². The molecule has 0 spiro atoms.